The molecule has 11 heteroatoms. The molecule has 1 atom stereocenters. The van der Waals surface area contributed by atoms with Crippen LogP contribution in [0.25, 0.3) is 0 Å². The monoisotopic (exact) mass is 589 g/mol. The first kappa shape index (κ1) is 25.3. The molecule has 2 aromatic rings. The van der Waals surface area contributed by atoms with Gasteiger partial charge in [-0.15, -0.1) is 0 Å². The highest BCUT2D eigenvalue weighted by Crippen LogP contribution is 2.36. The molecule has 2 aromatic carbocycles. The maximum absolute atomic E-state index is 13.9. The lowest BCUT2D eigenvalue weighted by atomic mass is 9.90. The number of nitrogens with one attached hydrogen (secondary N) is 2. The van der Waals surface area contributed by atoms with Crippen molar-refractivity contribution in [2.24, 2.45) is 0 Å². The van der Waals surface area contributed by atoms with Crippen LogP contribution in [0.1, 0.15) is 25.3 Å². The number of anilines is 1. The first-order chi connectivity index (χ1) is 15.6. The van der Waals surface area contributed by atoms with Crippen molar-refractivity contribution in [3.05, 3.63) is 73.6 Å². The molecule has 176 valence electrons. The van der Waals surface area contributed by atoms with Crippen LogP contribution in [0.15, 0.2) is 50.6 Å². The number of amides is 2. The molecule has 0 spiro atoms. The molecular weight excluding hydrogens is 571 g/mol. The third kappa shape index (κ3) is 5.42. The summed E-state index contributed by atoms with van der Waals surface area (Å²) in [5, 5.41) is 15.1. The number of aliphatic hydroxyl groups excluding tert-OH is 1. The Bertz CT molecular complexity index is 1110. The van der Waals surface area contributed by atoms with E-state index in [-0.39, 0.29) is 27.9 Å². The molecule has 6 nitrogen and oxygen atoms in total. The molecule has 0 aliphatic carbocycles. The Labute approximate surface area is 205 Å². The van der Waals surface area contributed by atoms with Gasteiger partial charge in [0.15, 0.2) is 0 Å². The average Bonchev–Trinajstić information content (AvgIpc) is 3.13. The van der Waals surface area contributed by atoms with Gasteiger partial charge < -0.3 is 10.4 Å². The fraction of sp³-hybridized carbons (Fsp3) is 0.273. The number of carbonyl (C=O) groups excluding carboxylic acids is 2. The number of carbonyl (C=O) groups is 2. The predicted octanol–water partition coefficient (Wildman–Crippen LogP) is 5.14. The number of rotatable bonds is 7. The number of nitrogens with zero attached hydrogens (tertiary/aromatic N) is 1. The third-order valence-electron chi connectivity index (χ3n) is 5.54. The van der Waals surface area contributed by atoms with Gasteiger partial charge in [-0.3, -0.25) is 15.0 Å². The van der Waals surface area contributed by atoms with Crippen molar-refractivity contribution in [2.75, 3.05) is 11.9 Å². The van der Waals surface area contributed by atoms with E-state index in [1.165, 1.54) is 23.2 Å². The highest BCUT2D eigenvalue weighted by Gasteiger charge is 2.43. The zero-order valence-corrected chi connectivity index (χ0v) is 20.6. The van der Waals surface area contributed by atoms with Crippen LogP contribution in [0.5, 0.6) is 0 Å². The fourth-order valence-electron chi connectivity index (χ4n) is 3.78. The van der Waals surface area contributed by atoms with Crippen molar-refractivity contribution in [3.8, 4) is 0 Å². The van der Waals surface area contributed by atoms with Crippen molar-refractivity contribution in [2.45, 2.75) is 31.7 Å². The number of halogens is 5. The van der Waals surface area contributed by atoms with Crippen LogP contribution in [0.2, 0.25) is 0 Å². The molecule has 33 heavy (non-hydrogen) atoms. The lowest BCUT2D eigenvalue weighted by molar-refractivity contribution is -0.115. The summed E-state index contributed by atoms with van der Waals surface area (Å²) >= 11 is 6.08. The van der Waals surface area contributed by atoms with Crippen LogP contribution < -0.4 is 10.7 Å². The lowest BCUT2D eigenvalue weighted by Crippen LogP contribution is -2.51. The number of hydrogen-bond donors (Lipinski definition) is 3. The normalized spacial score (nSPS) is 19.2. The number of benzene rings is 2. The second kappa shape index (κ2) is 10.3. The van der Waals surface area contributed by atoms with E-state index in [4.69, 9.17) is 0 Å². The topological polar surface area (TPSA) is 81.7 Å². The van der Waals surface area contributed by atoms with Gasteiger partial charge in [0.25, 0.3) is 5.91 Å². The minimum absolute atomic E-state index is 0.146. The first-order valence-corrected chi connectivity index (χ1v) is 11.4. The highest BCUT2D eigenvalue weighted by molar-refractivity contribution is 9.10. The molecule has 1 aliphatic rings. The van der Waals surface area contributed by atoms with Crippen LogP contribution in [0.4, 0.5) is 18.9 Å². The molecule has 0 aromatic heterocycles. The zero-order valence-electron chi connectivity index (χ0n) is 17.4. The average molecular weight is 591 g/mol. The van der Waals surface area contributed by atoms with Crippen molar-refractivity contribution in [1.29, 1.82) is 0 Å². The summed E-state index contributed by atoms with van der Waals surface area (Å²) in [6, 6.07) is 5.76. The Morgan fingerprint density at radius 2 is 1.88 bits per heavy atom. The summed E-state index contributed by atoms with van der Waals surface area (Å²) in [5.41, 5.74) is 1.46. The molecule has 1 aliphatic heterocycles. The highest BCUT2D eigenvalue weighted by atomic mass is 79.9. The molecule has 3 rings (SSSR count). The van der Waals surface area contributed by atoms with Crippen LogP contribution >= 0.6 is 31.9 Å². The van der Waals surface area contributed by atoms with Gasteiger partial charge in [-0.05, 0) is 71.6 Å². The Balaban J connectivity index is 2.06. The van der Waals surface area contributed by atoms with Crippen LogP contribution in [-0.4, -0.2) is 34.5 Å². The summed E-state index contributed by atoms with van der Waals surface area (Å²) < 4.78 is 41.9. The summed E-state index contributed by atoms with van der Waals surface area (Å²) in [6.45, 7) is 2.08. The standard InChI is InChI=1S/C22H20Br2F3N3O3/c1-22(5-2-6-30(22)28-11-31)20(32)15(8-12-7-13(25)3-4-16(12)23)21(33)29-14-9-17(26)19(24)18(27)10-14/h3-4,7,9-11,32H,2,5-6,8H2,1H3,(H,28,31)(H,29,33)/b20-15-. The van der Waals surface area contributed by atoms with Gasteiger partial charge in [-0.2, -0.15) is 0 Å². The maximum atomic E-state index is 13.9. The van der Waals surface area contributed by atoms with Crippen molar-refractivity contribution >= 4 is 49.9 Å². The van der Waals surface area contributed by atoms with Gasteiger partial charge in [-0.1, -0.05) is 15.9 Å². The van der Waals surface area contributed by atoms with Crippen molar-refractivity contribution in [1.82, 2.24) is 10.4 Å². The summed E-state index contributed by atoms with van der Waals surface area (Å²) in [7, 11) is 0. The quantitative estimate of drug-likeness (QED) is 0.181. The van der Waals surface area contributed by atoms with Gasteiger partial charge in [0.1, 0.15) is 23.2 Å². The zero-order chi connectivity index (χ0) is 24.3. The van der Waals surface area contributed by atoms with E-state index >= 15 is 0 Å². The van der Waals surface area contributed by atoms with E-state index in [0.29, 0.717) is 35.8 Å². The molecule has 1 unspecified atom stereocenters. The third-order valence-corrected chi connectivity index (χ3v) is 7.07. The SMILES string of the molecule is CC1(/C(O)=C(\Cc2cc(F)ccc2Br)C(=O)Nc2cc(F)c(Br)c(F)c2)CCCN1NC=O. The van der Waals surface area contributed by atoms with Crippen molar-refractivity contribution < 1.29 is 27.9 Å². The van der Waals surface area contributed by atoms with Crippen LogP contribution in [0, 0.1) is 17.5 Å². The molecule has 2 amide bonds. The van der Waals surface area contributed by atoms with E-state index in [1.807, 2.05) is 0 Å². The first-order valence-electron chi connectivity index (χ1n) is 9.86. The largest absolute Gasteiger partial charge is 0.510 e. The molecule has 1 fully saturated rings. The molecule has 1 heterocycles. The maximum Gasteiger partial charge on any atom is 0.255 e. The Kier molecular flexibility index (Phi) is 7.86. The molecule has 0 saturated carbocycles. The minimum atomic E-state index is -1.12. The van der Waals surface area contributed by atoms with E-state index in [9.17, 15) is 27.9 Å². The Morgan fingerprint density at radius 1 is 1.21 bits per heavy atom. The number of aliphatic hydroxyl groups is 1. The van der Waals surface area contributed by atoms with Gasteiger partial charge in [0, 0.05) is 23.1 Å². The molecule has 1 saturated heterocycles. The van der Waals surface area contributed by atoms with Crippen molar-refractivity contribution in [3.63, 3.8) is 0 Å². The number of hydrogen-bond acceptors (Lipinski definition) is 4. The smallest absolute Gasteiger partial charge is 0.255 e. The Hall–Kier alpha value is -2.37. The fourth-order valence-corrected chi connectivity index (χ4v) is 4.40. The summed E-state index contributed by atoms with van der Waals surface area (Å²) in [6.07, 6.45) is 1.32. The van der Waals surface area contributed by atoms with E-state index in [2.05, 4.69) is 42.6 Å². The molecule has 3 N–H and O–H groups in total. The van der Waals surface area contributed by atoms with Crippen LogP contribution in [0.3, 0.4) is 0 Å². The van der Waals surface area contributed by atoms with E-state index < -0.39 is 28.9 Å². The van der Waals surface area contributed by atoms with E-state index in [1.54, 1.807) is 6.92 Å². The van der Waals surface area contributed by atoms with Crippen LogP contribution in [-0.2, 0) is 16.0 Å². The second-order valence-electron chi connectivity index (χ2n) is 7.72. The van der Waals surface area contributed by atoms with Gasteiger partial charge >= 0.3 is 0 Å². The van der Waals surface area contributed by atoms with Gasteiger partial charge in [-0.25, -0.2) is 18.2 Å². The van der Waals surface area contributed by atoms with Gasteiger partial charge in [0.05, 0.1) is 15.6 Å². The summed E-state index contributed by atoms with van der Waals surface area (Å²) in [5.74, 6) is -3.56. The second-order valence-corrected chi connectivity index (χ2v) is 9.37. The van der Waals surface area contributed by atoms with Gasteiger partial charge in [0.2, 0.25) is 6.41 Å². The number of hydrazine groups is 1. The molecule has 0 radical (unpaired) electrons. The molecule has 0 bridgehead atoms. The minimum Gasteiger partial charge on any atom is -0.510 e. The Morgan fingerprint density at radius 3 is 2.52 bits per heavy atom. The predicted molar refractivity (Wildman–Crippen MR) is 124 cm³/mol. The van der Waals surface area contributed by atoms with E-state index in [0.717, 1.165) is 12.1 Å². The summed E-state index contributed by atoms with van der Waals surface area (Å²) in [4.78, 5) is 24.3. The lowest BCUT2D eigenvalue weighted by Gasteiger charge is -2.34. The molecular formula is C22H20Br2F3N3O3.